The van der Waals surface area contributed by atoms with Crippen molar-refractivity contribution in [2.24, 2.45) is 0 Å². The Morgan fingerprint density at radius 2 is 1.64 bits per heavy atom. The Hall–Kier alpha value is -1.59. The average Bonchev–Trinajstić information content (AvgIpc) is 2.81. The molecule has 0 aliphatic carbocycles. The number of aliphatic hydroxyl groups excluding tert-OH is 1. The normalized spacial score (nSPS) is 16.0. The van der Waals surface area contributed by atoms with Gasteiger partial charge in [0.15, 0.2) is 0 Å². The van der Waals surface area contributed by atoms with Gasteiger partial charge in [-0.05, 0) is 37.1 Å². The smallest absolute Gasteiger partial charge is 0.315 e. The summed E-state index contributed by atoms with van der Waals surface area (Å²) in [7, 11) is 0. The fourth-order valence-corrected chi connectivity index (χ4v) is 2.73. The SMILES string of the molecule is O=C(NCCO)NCc1ccc(CN2CCCCCC2)cc1. The third-order valence-corrected chi connectivity index (χ3v) is 3.98. The summed E-state index contributed by atoms with van der Waals surface area (Å²) in [6.07, 6.45) is 5.34. The molecule has 0 spiro atoms. The van der Waals surface area contributed by atoms with E-state index in [1.54, 1.807) is 0 Å². The summed E-state index contributed by atoms with van der Waals surface area (Å²) in [5.41, 5.74) is 2.41. The number of amides is 2. The fraction of sp³-hybridized carbons (Fsp3) is 0.588. The van der Waals surface area contributed by atoms with Gasteiger partial charge in [-0.15, -0.1) is 0 Å². The van der Waals surface area contributed by atoms with Gasteiger partial charge in [-0.2, -0.15) is 0 Å². The molecule has 1 aromatic rings. The van der Waals surface area contributed by atoms with Crippen molar-refractivity contribution in [3.8, 4) is 0 Å². The summed E-state index contributed by atoms with van der Waals surface area (Å²) in [6, 6.07) is 8.18. The number of hydrogen-bond donors (Lipinski definition) is 3. The maximum absolute atomic E-state index is 11.4. The molecule has 5 nitrogen and oxygen atoms in total. The third kappa shape index (κ3) is 6.03. The Morgan fingerprint density at radius 1 is 1.00 bits per heavy atom. The van der Waals surface area contributed by atoms with E-state index in [4.69, 9.17) is 5.11 Å². The maximum atomic E-state index is 11.4. The molecule has 0 saturated carbocycles. The van der Waals surface area contributed by atoms with Crippen LogP contribution in [0.25, 0.3) is 0 Å². The number of likely N-dealkylation sites (tertiary alicyclic amines) is 1. The zero-order valence-corrected chi connectivity index (χ0v) is 13.2. The summed E-state index contributed by atoms with van der Waals surface area (Å²) >= 11 is 0. The largest absolute Gasteiger partial charge is 0.395 e. The highest BCUT2D eigenvalue weighted by molar-refractivity contribution is 5.73. The molecular weight excluding hydrogens is 278 g/mol. The molecular formula is C17H27N3O2. The van der Waals surface area contributed by atoms with Crippen molar-refractivity contribution in [1.82, 2.24) is 15.5 Å². The van der Waals surface area contributed by atoms with E-state index in [0.29, 0.717) is 6.54 Å². The van der Waals surface area contributed by atoms with Crippen LogP contribution in [0.2, 0.25) is 0 Å². The van der Waals surface area contributed by atoms with Crippen LogP contribution in [-0.2, 0) is 13.1 Å². The van der Waals surface area contributed by atoms with Gasteiger partial charge in [-0.25, -0.2) is 4.79 Å². The minimum atomic E-state index is -0.248. The van der Waals surface area contributed by atoms with E-state index in [0.717, 1.165) is 12.1 Å². The zero-order valence-electron chi connectivity index (χ0n) is 13.2. The predicted molar refractivity (Wildman–Crippen MR) is 87.5 cm³/mol. The number of nitrogens with zero attached hydrogens (tertiary/aromatic N) is 1. The minimum absolute atomic E-state index is 0.0430. The van der Waals surface area contributed by atoms with Crippen LogP contribution in [0.5, 0.6) is 0 Å². The number of aliphatic hydroxyl groups is 1. The van der Waals surface area contributed by atoms with Crippen molar-refractivity contribution in [3.63, 3.8) is 0 Å². The van der Waals surface area contributed by atoms with Crippen LogP contribution in [0.4, 0.5) is 4.79 Å². The molecule has 1 aliphatic rings. The number of carbonyl (C=O) groups excluding carboxylic acids is 1. The minimum Gasteiger partial charge on any atom is -0.395 e. The molecule has 122 valence electrons. The molecule has 5 heteroatoms. The molecule has 0 aromatic heterocycles. The van der Waals surface area contributed by atoms with E-state index >= 15 is 0 Å². The van der Waals surface area contributed by atoms with Crippen molar-refractivity contribution in [1.29, 1.82) is 0 Å². The summed E-state index contributed by atoms with van der Waals surface area (Å²) < 4.78 is 0. The van der Waals surface area contributed by atoms with Gasteiger partial charge in [-0.3, -0.25) is 4.90 Å². The van der Waals surface area contributed by atoms with Crippen molar-refractivity contribution in [2.45, 2.75) is 38.8 Å². The first-order chi connectivity index (χ1) is 10.8. The molecule has 22 heavy (non-hydrogen) atoms. The van der Waals surface area contributed by atoms with Crippen LogP contribution in [-0.4, -0.2) is 42.3 Å². The molecule has 0 radical (unpaired) electrons. The number of carbonyl (C=O) groups is 1. The lowest BCUT2D eigenvalue weighted by Crippen LogP contribution is -2.36. The van der Waals surface area contributed by atoms with Gasteiger partial charge >= 0.3 is 6.03 Å². The van der Waals surface area contributed by atoms with Crippen molar-refractivity contribution >= 4 is 6.03 Å². The Kier molecular flexibility index (Phi) is 7.19. The van der Waals surface area contributed by atoms with E-state index < -0.39 is 0 Å². The molecule has 0 atom stereocenters. The first kappa shape index (κ1) is 16.8. The highest BCUT2D eigenvalue weighted by atomic mass is 16.3. The number of rotatable bonds is 6. The van der Waals surface area contributed by atoms with E-state index in [1.807, 2.05) is 0 Å². The Bertz CT molecular complexity index is 440. The van der Waals surface area contributed by atoms with Crippen LogP contribution >= 0.6 is 0 Å². The number of benzene rings is 1. The second-order valence-corrected chi connectivity index (χ2v) is 5.84. The lowest BCUT2D eigenvalue weighted by Gasteiger charge is -2.19. The average molecular weight is 305 g/mol. The Morgan fingerprint density at radius 3 is 2.27 bits per heavy atom. The topological polar surface area (TPSA) is 64.6 Å². The summed E-state index contributed by atoms with van der Waals surface area (Å²) in [6.45, 7) is 4.16. The maximum Gasteiger partial charge on any atom is 0.315 e. The van der Waals surface area contributed by atoms with Gasteiger partial charge < -0.3 is 15.7 Å². The van der Waals surface area contributed by atoms with Crippen LogP contribution in [0, 0.1) is 0 Å². The first-order valence-corrected chi connectivity index (χ1v) is 8.20. The predicted octanol–water partition coefficient (Wildman–Crippen LogP) is 1.85. The Labute approximate surface area is 132 Å². The van der Waals surface area contributed by atoms with Crippen LogP contribution in [0.1, 0.15) is 36.8 Å². The number of urea groups is 1. The first-order valence-electron chi connectivity index (χ1n) is 8.20. The monoisotopic (exact) mass is 305 g/mol. The van der Waals surface area contributed by atoms with E-state index in [1.165, 1.54) is 44.3 Å². The zero-order chi connectivity index (χ0) is 15.6. The van der Waals surface area contributed by atoms with Gasteiger partial charge in [0, 0.05) is 19.6 Å². The lowest BCUT2D eigenvalue weighted by molar-refractivity contribution is 0.234. The van der Waals surface area contributed by atoms with Crippen LogP contribution in [0.3, 0.4) is 0 Å². The van der Waals surface area contributed by atoms with Gasteiger partial charge in [0.2, 0.25) is 0 Å². The van der Waals surface area contributed by atoms with Gasteiger partial charge in [-0.1, -0.05) is 37.1 Å². The molecule has 2 amide bonds. The third-order valence-electron chi connectivity index (χ3n) is 3.98. The van der Waals surface area contributed by atoms with Crippen molar-refractivity contribution < 1.29 is 9.90 Å². The molecule has 1 aliphatic heterocycles. The second-order valence-electron chi connectivity index (χ2n) is 5.84. The molecule has 1 fully saturated rings. The fourth-order valence-electron chi connectivity index (χ4n) is 2.73. The summed E-state index contributed by atoms with van der Waals surface area (Å²) in [5.74, 6) is 0. The molecule has 3 N–H and O–H groups in total. The summed E-state index contributed by atoms with van der Waals surface area (Å²) in [4.78, 5) is 13.9. The van der Waals surface area contributed by atoms with Crippen LogP contribution < -0.4 is 10.6 Å². The highest BCUT2D eigenvalue weighted by Gasteiger charge is 2.09. The van der Waals surface area contributed by atoms with Gasteiger partial charge in [0.05, 0.1) is 6.61 Å². The molecule has 1 aromatic carbocycles. The van der Waals surface area contributed by atoms with Gasteiger partial charge in [0.25, 0.3) is 0 Å². The van der Waals surface area contributed by atoms with E-state index in [2.05, 4.69) is 39.8 Å². The summed E-state index contributed by atoms with van der Waals surface area (Å²) in [5, 5.41) is 14.0. The second kappa shape index (κ2) is 9.43. The molecule has 1 saturated heterocycles. The molecule has 0 bridgehead atoms. The number of hydrogen-bond acceptors (Lipinski definition) is 3. The standard InChI is InChI=1S/C17H27N3O2/c21-12-9-18-17(22)19-13-15-5-7-16(8-6-15)14-20-10-3-1-2-4-11-20/h5-8,21H,1-4,9-14H2,(H2,18,19,22). The molecule has 2 rings (SSSR count). The van der Waals surface area contributed by atoms with Gasteiger partial charge in [0.1, 0.15) is 0 Å². The molecule has 0 unspecified atom stereocenters. The highest BCUT2D eigenvalue weighted by Crippen LogP contribution is 2.13. The van der Waals surface area contributed by atoms with E-state index in [-0.39, 0.29) is 19.2 Å². The Balaban J connectivity index is 1.76. The quantitative estimate of drug-likeness (QED) is 0.751. The van der Waals surface area contributed by atoms with Crippen molar-refractivity contribution in [3.05, 3.63) is 35.4 Å². The molecule has 1 heterocycles. The number of nitrogens with one attached hydrogen (secondary N) is 2. The van der Waals surface area contributed by atoms with E-state index in [9.17, 15) is 4.79 Å². The van der Waals surface area contributed by atoms with Crippen molar-refractivity contribution in [2.75, 3.05) is 26.2 Å². The van der Waals surface area contributed by atoms with Crippen LogP contribution in [0.15, 0.2) is 24.3 Å². The lowest BCUT2D eigenvalue weighted by atomic mass is 10.1.